The zero-order chi connectivity index (χ0) is 16.8. The summed E-state index contributed by atoms with van der Waals surface area (Å²) in [5, 5.41) is 20.9. The first-order valence-corrected chi connectivity index (χ1v) is 6.92. The van der Waals surface area contributed by atoms with Gasteiger partial charge in [-0.3, -0.25) is 9.59 Å². The number of carbonyl (C=O) groups is 3. The molecular formula is C17H15NO5. The molecule has 2 rings (SSSR count). The average molecular weight is 313 g/mol. The van der Waals surface area contributed by atoms with E-state index >= 15 is 0 Å². The maximum atomic E-state index is 11.9. The van der Waals surface area contributed by atoms with Crippen LogP contribution in [0.15, 0.2) is 48.5 Å². The van der Waals surface area contributed by atoms with E-state index in [-0.39, 0.29) is 35.6 Å². The van der Waals surface area contributed by atoms with Crippen molar-refractivity contribution in [1.82, 2.24) is 0 Å². The van der Waals surface area contributed by atoms with Crippen molar-refractivity contribution in [2.45, 2.75) is 12.8 Å². The molecule has 118 valence electrons. The van der Waals surface area contributed by atoms with Crippen molar-refractivity contribution in [3.63, 3.8) is 0 Å². The minimum Gasteiger partial charge on any atom is -0.506 e. The summed E-state index contributed by atoms with van der Waals surface area (Å²) in [5.74, 6) is -2.10. The predicted molar refractivity (Wildman–Crippen MR) is 83.7 cm³/mol. The topological polar surface area (TPSA) is 104 Å². The molecule has 6 nitrogen and oxygen atoms in total. The molecule has 0 aromatic heterocycles. The molecule has 23 heavy (non-hydrogen) atoms. The normalized spacial score (nSPS) is 10.1. The van der Waals surface area contributed by atoms with E-state index < -0.39 is 11.9 Å². The van der Waals surface area contributed by atoms with Gasteiger partial charge in [-0.05, 0) is 18.2 Å². The molecule has 2 aromatic rings. The number of hydrogen-bond acceptors (Lipinski definition) is 4. The van der Waals surface area contributed by atoms with Gasteiger partial charge in [0.05, 0.1) is 11.3 Å². The van der Waals surface area contributed by atoms with Gasteiger partial charge in [0.1, 0.15) is 5.75 Å². The number of phenols is 1. The smallest absolute Gasteiger partial charge is 0.335 e. The van der Waals surface area contributed by atoms with E-state index in [0.29, 0.717) is 5.56 Å². The first kappa shape index (κ1) is 16.2. The Labute approximate surface area is 132 Å². The van der Waals surface area contributed by atoms with Gasteiger partial charge < -0.3 is 15.5 Å². The lowest BCUT2D eigenvalue weighted by atomic mass is 10.1. The fourth-order valence-electron chi connectivity index (χ4n) is 1.98. The van der Waals surface area contributed by atoms with Crippen LogP contribution < -0.4 is 5.32 Å². The molecule has 0 aliphatic heterocycles. The van der Waals surface area contributed by atoms with Crippen LogP contribution >= 0.6 is 0 Å². The Morgan fingerprint density at radius 3 is 2.22 bits per heavy atom. The molecule has 0 fully saturated rings. The Morgan fingerprint density at radius 2 is 1.61 bits per heavy atom. The van der Waals surface area contributed by atoms with Gasteiger partial charge in [0.15, 0.2) is 5.78 Å². The second-order valence-electron chi connectivity index (χ2n) is 4.87. The highest BCUT2D eigenvalue weighted by Crippen LogP contribution is 2.24. The zero-order valence-electron chi connectivity index (χ0n) is 12.2. The summed E-state index contributed by atoms with van der Waals surface area (Å²) in [4.78, 5) is 34.5. The van der Waals surface area contributed by atoms with Gasteiger partial charge in [-0.2, -0.15) is 0 Å². The number of hydrogen-bond donors (Lipinski definition) is 3. The highest BCUT2D eigenvalue weighted by atomic mass is 16.4. The predicted octanol–water partition coefficient (Wildman–Crippen LogP) is 2.69. The van der Waals surface area contributed by atoms with Crippen molar-refractivity contribution in [2.24, 2.45) is 0 Å². The number of rotatable bonds is 6. The van der Waals surface area contributed by atoms with Gasteiger partial charge in [-0.25, -0.2) is 4.79 Å². The highest BCUT2D eigenvalue weighted by molar-refractivity contribution is 6.00. The second kappa shape index (κ2) is 7.22. The first-order valence-electron chi connectivity index (χ1n) is 6.92. The van der Waals surface area contributed by atoms with Crippen LogP contribution in [0.4, 0.5) is 5.69 Å². The van der Waals surface area contributed by atoms with Gasteiger partial charge in [-0.15, -0.1) is 0 Å². The number of ketones is 1. The molecule has 1 amide bonds. The molecule has 0 heterocycles. The third-order valence-corrected chi connectivity index (χ3v) is 3.19. The van der Waals surface area contributed by atoms with E-state index in [4.69, 9.17) is 5.11 Å². The third kappa shape index (κ3) is 4.41. The number of phenolic OH excluding ortho intramolecular Hbond substituents is 1. The number of carbonyl (C=O) groups excluding carboxylic acids is 2. The molecule has 0 aliphatic carbocycles. The van der Waals surface area contributed by atoms with Crippen molar-refractivity contribution < 1.29 is 24.6 Å². The molecule has 0 saturated carbocycles. The third-order valence-electron chi connectivity index (χ3n) is 3.19. The Bertz CT molecular complexity index is 740. The maximum absolute atomic E-state index is 11.9. The standard InChI is InChI=1S/C17H15NO5/c19-14(11-4-2-1-3-5-11)8-9-16(21)18-13-7-6-12(17(22)23)10-15(13)20/h1-7,10,20H,8-9H2,(H,18,21)(H,22,23). The summed E-state index contributed by atoms with van der Waals surface area (Å²) in [5.41, 5.74) is 0.556. The molecule has 0 spiro atoms. The van der Waals surface area contributed by atoms with E-state index in [1.165, 1.54) is 12.1 Å². The molecule has 6 heteroatoms. The Morgan fingerprint density at radius 1 is 0.913 bits per heavy atom. The first-order chi connectivity index (χ1) is 11.0. The average Bonchev–Trinajstić information content (AvgIpc) is 2.55. The Balaban J connectivity index is 1.92. The van der Waals surface area contributed by atoms with Crippen LogP contribution in [0.25, 0.3) is 0 Å². The summed E-state index contributed by atoms with van der Waals surface area (Å²) in [6.45, 7) is 0. The van der Waals surface area contributed by atoms with Gasteiger partial charge in [0.2, 0.25) is 5.91 Å². The van der Waals surface area contributed by atoms with Crippen LogP contribution in [0.3, 0.4) is 0 Å². The molecule has 0 unspecified atom stereocenters. The second-order valence-corrected chi connectivity index (χ2v) is 4.87. The molecule has 0 bridgehead atoms. The molecule has 2 aromatic carbocycles. The van der Waals surface area contributed by atoms with E-state index in [0.717, 1.165) is 6.07 Å². The fourth-order valence-corrected chi connectivity index (χ4v) is 1.98. The van der Waals surface area contributed by atoms with Gasteiger partial charge in [0, 0.05) is 18.4 Å². The lowest BCUT2D eigenvalue weighted by molar-refractivity contribution is -0.116. The minimum absolute atomic E-state index is 0.0339. The number of anilines is 1. The van der Waals surface area contributed by atoms with Crippen LogP contribution in [-0.2, 0) is 4.79 Å². The monoisotopic (exact) mass is 313 g/mol. The number of carboxylic acid groups (broad SMARTS) is 1. The van der Waals surface area contributed by atoms with E-state index in [1.807, 2.05) is 0 Å². The lowest BCUT2D eigenvalue weighted by Gasteiger charge is -2.08. The SMILES string of the molecule is O=C(CCC(=O)c1ccccc1)Nc1ccc(C(=O)O)cc1O. The highest BCUT2D eigenvalue weighted by Gasteiger charge is 2.12. The van der Waals surface area contributed by atoms with Crippen molar-refractivity contribution in [3.8, 4) is 5.75 Å². The van der Waals surface area contributed by atoms with Crippen molar-refractivity contribution in [2.75, 3.05) is 5.32 Å². The Hall–Kier alpha value is -3.15. The van der Waals surface area contributed by atoms with Crippen LogP contribution in [0, 0.1) is 0 Å². The molecule has 0 radical (unpaired) electrons. The number of aromatic hydroxyl groups is 1. The van der Waals surface area contributed by atoms with E-state index in [9.17, 15) is 19.5 Å². The number of nitrogens with one attached hydrogen (secondary N) is 1. The zero-order valence-corrected chi connectivity index (χ0v) is 12.2. The van der Waals surface area contributed by atoms with Crippen LogP contribution in [0.5, 0.6) is 5.75 Å². The summed E-state index contributed by atoms with van der Waals surface area (Å²) in [6, 6.07) is 12.3. The van der Waals surface area contributed by atoms with Gasteiger partial charge >= 0.3 is 5.97 Å². The maximum Gasteiger partial charge on any atom is 0.335 e. The van der Waals surface area contributed by atoms with Crippen LogP contribution in [0.1, 0.15) is 33.6 Å². The lowest BCUT2D eigenvalue weighted by Crippen LogP contribution is -2.13. The van der Waals surface area contributed by atoms with E-state index in [1.54, 1.807) is 30.3 Å². The van der Waals surface area contributed by atoms with E-state index in [2.05, 4.69) is 5.32 Å². The Kier molecular flexibility index (Phi) is 5.09. The fraction of sp³-hybridized carbons (Fsp3) is 0.118. The molecule has 0 aliphatic rings. The summed E-state index contributed by atoms with van der Waals surface area (Å²) < 4.78 is 0. The van der Waals surface area contributed by atoms with Crippen LogP contribution in [-0.4, -0.2) is 27.9 Å². The van der Waals surface area contributed by atoms with Crippen molar-refractivity contribution >= 4 is 23.3 Å². The summed E-state index contributed by atoms with van der Waals surface area (Å²) >= 11 is 0. The van der Waals surface area contributed by atoms with Gasteiger partial charge in [0.25, 0.3) is 0 Å². The number of amides is 1. The largest absolute Gasteiger partial charge is 0.506 e. The van der Waals surface area contributed by atoms with Crippen LogP contribution in [0.2, 0.25) is 0 Å². The molecule has 3 N–H and O–H groups in total. The number of carboxylic acids is 1. The molecule has 0 atom stereocenters. The number of benzene rings is 2. The number of Topliss-reactive ketones (excluding diaryl/α,β-unsaturated/α-hetero) is 1. The van der Waals surface area contributed by atoms with Gasteiger partial charge in [-0.1, -0.05) is 30.3 Å². The summed E-state index contributed by atoms with van der Waals surface area (Å²) in [7, 11) is 0. The minimum atomic E-state index is -1.17. The molecular weight excluding hydrogens is 298 g/mol. The quantitative estimate of drug-likeness (QED) is 0.562. The van der Waals surface area contributed by atoms with Crippen molar-refractivity contribution in [1.29, 1.82) is 0 Å². The van der Waals surface area contributed by atoms with Crippen molar-refractivity contribution in [3.05, 3.63) is 59.7 Å². The molecule has 0 saturated heterocycles. The summed E-state index contributed by atoms with van der Waals surface area (Å²) in [6.07, 6.45) is 0.0116. The number of aromatic carboxylic acids is 1.